The van der Waals surface area contributed by atoms with E-state index >= 15 is 0 Å². The molecule has 2 aliphatic heterocycles. The van der Waals surface area contributed by atoms with Crippen molar-refractivity contribution in [1.29, 1.82) is 0 Å². The SMILES string of the molecule is COC(=O)C1CCN(Cc2csc(N3CCN(C(=O)OC(C)(C)C)CC3)n2)CC1. The summed E-state index contributed by atoms with van der Waals surface area (Å²) in [4.78, 5) is 35.0. The molecule has 9 heteroatoms. The van der Waals surface area contributed by atoms with E-state index in [1.165, 1.54) is 7.11 Å². The highest BCUT2D eigenvalue weighted by Crippen LogP contribution is 2.25. The van der Waals surface area contributed by atoms with Crippen molar-refractivity contribution in [3.05, 3.63) is 11.1 Å². The topological polar surface area (TPSA) is 75.2 Å². The van der Waals surface area contributed by atoms with Gasteiger partial charge in [0.25, 0.3) is 0 Å². The highest BCUT2D eigenvalue weighted by Gasteiger charge is 2.28. The second kappa shape index (κ2) is 9.30. The van der Waals surface area contributed by atoms with Crippen LogP contribution in [-0.2, 0) is 20.8 Å². The van der Waals surface area contributed by atoms with Crippen molar-refractivity contribution in [3.8, 4) is 0 Å². The molecule has 1 aromatic rings. The number of rotatable bonds is 4. The summed E-state index contributed by atoms with van der Waals surface area (Å²) in [6.45, 7) is 11.1. The van der Waals surface area contributed by atoms with Crippen molar-refractivity contribution in [2.45, 2.75) is 45.8 Å². The Morgan fingerprint density at radius 2 is 1.79 bits per heavy atom. The molecule has 29 heavy (non-hydrogen) atoms. The number of anilines is 1. The predicted molar refractivity (Wildman–Crippen MR) is 112 cm³/mol. The Morgan fingerprint density at radius 3 is 2.38 bits per heavy atom. The molecule has 3 rings (SSSR count). The number of likely N-dealkylation sites (tertiary alicyclic amines) is 1. The molecule has 0 saturated carbocycles. The third kappa shape index (κ3) is 6.05. The molecule has 3 heterocycles. The van der Waals surface area contributed by atoms with Gasteiger partial charge in [0, 0.05) is 38.1 Å². The molecule has 0 aromatic carbocycles. The average molecular weight is 425 g/mol. The second-order valence-electron chi connectivity index (χ2n) is 8.65. The Kier molecular flexibility index (Phi) is 7.00. The molecule has 0 bridgehead atoms. The molecule has 1 aromatic heterocycles. The van der Waals surface area contributed by atoms with Crippen LogP contribution < -0.4 is 4.90 Å². The average Bonchev–Trinajstić information content (AvgIpc) is 3.15. The van der Waals surface area contributed by atoms with Gasteiger partial charge < -0.3 is 19.3 Å². The van der Waals surface area contributed by atoms with Crippen molar-refractivity contribution < 1.29 is 19.1 Å². The number of aromatic nitrogens is 1. The van der Waals surface area contributed by atoms with Gasteiger partial charge in [0.15, 0.2) is 5.13 Å². The monoisotopic (exact) mass is 424 g/mol. The van der Waals surface area contributed by atoms with Crippen LogP contribution in [-0.4, -0.2) is 78.8 Å². The van der Waals surface area contributed by atoms with Gasteiger partial charge in [-0.05, 0) is 46.7 Å². The maximum Gasteiger partial charge on any atom is 0.410 e. The van der Waals surface area contributed by atoms with E-state index in [1.54, 1.807) is 16.2 Å². The number of carbonyl (C=O) groups is 2. The van der Waals surface area contributed by atoms with Crippen LogP contribution in [0.25, 0.3) is 0 Å². The van der Waals surface area contributed by atoms with Gasteiger partial charge in [-0.3, -0.25) is 9.69 Å². The van der Waals surface area contributed by atoms with E-state index in [4.69, 9.17) is 14.5 Å². The van der Waals surface area contributed by atoms with Crippen molar-refractivity contribution in [2.75, 3.05) is 51.3 Å². The number of piperazine rings is 1. The lowest BCUT2D eigenvalue weighted by Gasteiger charge is -2.35. The van der Waals surface area contributed by atoms with E-state index in [0.717, 1.165) is 56.4 Å². The maximum atomic E-state index is 12.2. The fourth-order valence-electron chi connectivity index (χ4n) is 3.64. The number of amides is 1. The number of piperidine rings is 1. The van der Waals surface area contributed by atoms with E-state index in [9.17, 15) is 9.59 Å². The first kappa shape index (κ1) is 21.8. The first-order valence-electron chi connectivity index (χ1n) is 10.2. The summed E-state index contributed by atoms with van der Waals surface area (Å²) in [6, 6.07) is 0. The van der Waals surface area contributed by atoms with Gasteiger partial charge in [0.2, 0.25) is 0 Å². The molecule has 162 valence electrons. The summed E-state index contributed by atoms with van der Waals surface area (Å²) in [5, 5.41) is 3.12. The zero-order valence-corrected chi connectivity index (χ0v) is 18.7. The van der Waals surface area contributed by atoms with Crippen LogP contribution in [0.3, 0.4) is 0 Å². The fourth-order valence-corrected chi connectivity index (χ4v) is 4.51. The predicted octanol–water partition coefficient (Wildman–Crippen LogP) is 2.59. The lowest BCUT2D eigenvalue weighted by atomic mass is 9.97. The maximum absolute atomic E-state index is 12.2. The Hall–Kier alpha value is -1.87. The van der Waals surface area contributed by atoms with Gasteiger partial charge in [-0.2, -0.15) is 0 Å². The van der Waals surface area contributed by atoms with Crippen molar-refractivity contribution >= 4 is 28.5 Å². The fraction of sp³-hybridized carbons (Fsp3) is 0.750. The Morgan fingerprint density at radius 1 is 1.14 bits per heavy atom. The van der Waals surface area contributed by atoms with Crippen molar-refractivity contribution in [2.24, 2.45) is 5.92 Å². The van der Waals surface area contributed by atoms with Crippen LogP contribution in [0.15, 0.2) is 5.38 Å². The van der Waals surface area contributed by atoms with Crippen LogP contribution in [0.5, 0.6) is 0 Å². The van der Waals surface area contributed by atoms with Crippen LogP contribution in [0.1, 0.15) is 39.3 Å². The first-order chi connectivity index (χ1) is 13.7. The molecule has 8 nitrogen and oxygen atoms in total. The molecular weight excluding hydrogens is 392 g/mol. The molecule has 2 aliphatic rings. The number of ether oxygens (including phenoxy) is 2. The zero-order valence-electron chi connectivity index (χ0n) is 17.8. The summed E-state index contributed by atoms with van der Waals surface area (Å²) in [6.07, 6.45) is 1.44. The Bertz CT molecular complexity index is 702. The molecule has 0 N–H and O–H groups in total. The van der Waals surface area contributed by atoms with Gasteiger partial charge in [0.1, 0.15) is 5.60 Å². The van der Waals surface area contributed by atoms with Gasteiger partial charge in [-0.15, -0.1) is 11.3 Å². The van der Waals surface area contributed by atoms with Gasteiger partial charge >= 0.3 is 12.1 Å². The number of thiazole rings is 1. The van der Waals surface area contributed by atoms with Crippen molar-refractivity contribution in [1.82, 2.24) is 14.8 Å². The summed E-state index contributed by atoms with van der Waals surface area (Å²) in [5.41, 5.74) is 0.597. The normalized spacial score (nSPS) is 19.3. The number of hydrogen-bond donors (Lipinski definition) is 0. The standard InChI is InChI=1S/C20H32N4O4S/c1-20(2,3)28-19(26)24-11-9-23(10-12-24)18-21-16(14-29-18)13-22-7-5-15(6-8-22)17(25)27-4/h14-15H,5-13H2,1-4H3. The molecule has 0 spiro atoms. The van der Waals surface area contributed by atoms with Crippen LogP contribution in [0, 0.1) is 5.92 Å². The minimum atomic E-state index is -0.469. The van der Waals surface area contributed by atoms with E-state index in [1.807, 2.05) is 20.8 Å². The molecule has 0 aliphatic carbocycles. The number of nitrogens with zero attached hydrogens (tertiary/aromatic N) is 4. The number of carbonyl (C=O) groups excluding carboxylic acids is 2. The van der Waals surface area contributed by atoms with E-state index in [0.29, 0.717) is 13.1 Å². The first-order valence-corrected chi connectivity index (χ1v) is 11.1. The van der Waals surface area contributed by atoms with Gasteiger partial charge in [-0.1, -0.05) is 0 Å². The van der Waals surface area contributed by atoms with Gasteiger partial charge in [0.05, 0.1) is 18.7 Å². The largest absolute Gasteiger partial charge is 0.469 e. The number of methoxy groups -OCH3 is 1. The van der Waals surface area contributed by atoms with Gasteiger partial charge in [-0.25, -0.2) is 9.78 Å². The molecule has 0 radical (unpaired) electrons. The molecule has 0 unspecified atom stereocenters. The molecular formula is C20H32N4O4S. The zero-order chi connectivity index (χ0) is 21.0. The quantitative estimate of drug-likeness (QED) is 0.688. The third-order valence-corrected chi connectivity index (χ3v) is 6.20. The molecule has 1 amide bonds. The summed E-state index contributed by atoms with van der Waals surface area (Å²) >= 11 is 1.65. The number of hydrogen-bond acceptors (Lipinski definition) is 8. The molecule has 2 fully saturated rings. The summed E-state index contributed by atoms with van der Waals surface area (Å²) in [5.74, 6) is -0.0605. The lowest BCUT2D eigenvalue weighted by Crippen LogP contribution is -2.50. The molecule has 0 atom stereocenters. The van der Waals surface area contributed by atoms with Crippen molar-refractivity contribution in [3.63, 3.8) is 0 Å². The second-order valence-corrected chi connectivity index (χ2v) is 9.49. The minimum Gasteiger partial charge on any atom is -0.469 e. The number of esters is 1. The Balaban J connectivity index is 1.45. The molecule has 2 saturated heterocycles. The highest BCUT2D eigenvalue weighted by atomic mass is 32.1. The van der Waals surface area contributed by atoms with Crippen LogP contribution >= 0.6 is 11.3 Å². The highest BCUT2D eigenvalue weighted by molar-refractivity contribution is 7.13. The van der Waals surface area contributed by atoms with E-state index in [-0.39, 0.29) is 18.0 Å². The van der Waals surface area contributed by atoms with Crippen LogP contribution in [0.4, 0.5) is 9.93 Å². The van der Waals surface area contributed by atoms with E-state index < -0.39 is 5.60 Å². The third-order valence-electron chi connectivity index (χ3n) is 5.25. The van der Waals surface area contributed by atoms with Crippen LogP contribution in [0.2, 0.25) is 0 Å². The van der Waals surface area contributed by atoms with E-state index in [2.05, 4.69) is 15.2 Å². The summed E-state index contributed by atoms with van der Waals surface area (Å²) < 4.78 is 10.3. The smallest absolute Gasteiger partial charge is 0.410 e. The summed E-state index contributed by atoms with van der Waals surface area (Å²) in [7, 11) is 1.46. The lowest BCUT2D eigenvalue weighted by molar-refractivity contribution is -0.147. The Labute approximate surface area is 176 Å². The minimum absolute atomic E-state index is 0.0310.